The molecule has 1 aromatic heterocycles. The lowest BCUT2D eigenvalue weighted by atomic mass is 9.75. The fraction of sp³-hybridized carbons (Fsp3) is 0.571. The monoisotopic (exact) mass is 248 g/mol. The second-order valence-electron chi connectivity index (χ2n) is 4.82. The molecule has 1 fully saturated rings. The number of esters is 1. The molecular formula is C14H20N2O2. The van der Waals surface area contributed by atoms with Gasteiger partial charge < -0.3 is 9.64 Å². The van der Waals surface area contributed by atoms with Gasteiger partial charge in [0.1, 0.15) is 5.41 Å². The summed E-state index contributed by atoms with van der Waals surface area (Å²) in [6.45, 7) is 4.06. The summed E-state index contributed by atoms with van der Waals surface area (Å²) in [5, 5.41) is 0. The summed E-state index contributed by atoms with van der Waals surface area (Å²) >= 11 is 0. The maximum atomic E-state index is 12.3. The Balaban J connectivity index is 2.31. The average Bonchev–Trinajstić information content (AvgIpc) is 2.41. The largest absolute Gasteiger partial charge is 0.465 e. The fourth-order valence-corrected chi connectivity index (χ4v) is 2.48. The number of ether oxygens (including phenoxy) is 1. The van der Waals surface area contributed by atoms with Crippen LogP contribution < -0.4 is 0 Å². The molecule has 4 heteroatoms. The maximum absolute atomic E-state index is 12.3. The van der Waals surface area contributed by atoms with Crippen molar-refractivity contribution >= 4 is 5.97 Å². The zero-order chi connectivity index (χ0) is 13.0. The van der Waals surface area contributed by atoms with Crippen molar-refractivity contribution in [3.8, 4) is 0 Å². The molecule has 0 radical (unpaired) electrons. The number of hydrogen-bond acceptors (Lipinski definition) is 4. The highest BCUT2D eigenvalue weighted by Gasteiger charge is 2.44. The van der Waals surface area contributed by atoms with Crippen LogP contribution in [0.15, 0.2) is 24.4 Å². The van der Waals surface area contributed by atoms with Crippen LogP contribution in [0.2, 0.25) is 0 Å². The van der Waals surface area contributed by atoms with Gasteiger partial charge in [-0.25, -0.2) is 0 Å². The number of pyridine rings is 1. The highest BCUT2D eigenvalue weighted by atomic mass is 16.5. The molecule has 0 N–H and O–H groups in total. The summed E-state index contributed by atoms with van der Waals surface area (Å²) in [4.78, 5) is 19.0. The van der Waals surface area contributed by atoms with Gasteiger partial charge in [0.05, 0.1) is 12.3 Å². The normalized spacial score (nSPS) is 19.4. The van der Waals surface area contributed by atoms with Crippen molar-refractivity contribution in [3.63, 3.8) is 0 Å². The van der Waals surface area contributed by atoms with Crippen molar-refractivity contribution in [1.82, 2.24) is 9.88 Å². The minimum atomic E-state index is -0.552. The predicted molar refractivity (Wildman–Crippen MR) is 69.3 cm³/mol. The zero-order valence-corrected chi connectivity index (χ0v) is 11.1. The van der Waals surface area contributed by atoms with E-state index in [9.17, 15) is 4.79 Å². The van der Waals surface area contributed by atoms with Gasteiger partial charge in [-0.2, -0.15) is 0 Å². The van der Waals surface area contributed by atoms with E-state index in [2.05, 4.69) is 16.9 Å². The number of aromatic nitrogens is 1. The summed E-state index contributed by atoms with van der Waals surface area (Å²) in [6, 6.07) is 5.74. The van der Waals surface area contributed by atoms with E-state index in [1.807, 2.05) is 25.1 Å². The number of nitrogens with zero attached hydrogens (tertiary/aromatic N) is 2. The SMILES string of the molecule is CCOC(=O)C1(c2ccccn2)CCN(C)CC1. The molecule has 0 saturated carbocycles. The van der Waals surface area contributed by atoms with Gasteiger partial charge >= 0.3 is 5.97 Å². The Labute approximate surface area is 108 Å². The van der Waals surface area contributed by atoms with Crippen LogP contribution >= 0.6 is 0 Å². The van der Waals surface area contributed by atoms with Crippen molar-refractivity contribution in [2.45, 2.75) is 25.2 Å². The van der Waals surface area contributed by atoms with E-state index >= 15 is 0 Å². The molecule has 0 atom stereocenters. The van der Waals surface area contributed by atoms with Crippen LogP contribution in [-0.4, -0.2) is 42.6 Å². The van der Waals surface area contributed by atoms with Gasteiger partial charge in [0.2, 0.25) is 0 Å². The first-order valence-corrected chi connectivity index (χ1v) is 6.46. The number of carbonyl (C=O) groups excluding carboxylic acids is 1. The zero-order valence-electron chi connectivity index (χ0n) is 11.1. The third-order valence-corrected chi connectivity index (χ3v) is 3.66. The molecule has 1 aliphatic heterocycles. The van der Waals surface area contributed by atoms with Crippen LogP contribution in [0.1, 0.15) is 25.5 Å². The van der Waals surface area contributed by atoms with E-state index in [0.29, 0.717) is 6.61 Å². The lowest BCUT2D eigenvalue weighted by Gasteiger charge is -2.38. The Morgan fingerprint density at radius 1 is 1.44 bits per heavy atom. The molecule has 0 bridgehead atoms. The Morgan fingerprint density at radius 3 is 2.72 bits per heavy atom. The van der Waals surface area contributed by atoms with Gasteiger partial charge in [-0.15, -0.1) is 0 Å². The Morgan fingerprint density at radius 2 is 2.17 bits per heavy atom. The molecule has 1 aliphatic rings. The molecule has 2 heterocycles. The lowest BCUT2D eigenvalue weighted by Crippen LogP contribution is -2.47. The molecule has 4 nitrogen and oxygen atoms in total. The van der Waals surface area contributed by atoms with Crippen molar-refractivity contribution in [2.24, 2.45) is 0 Å². The van der Waals surface area contributed by atoms with E-state index in [1.54, 1.807) is 6.20 Å². The van der Waals surface area contributed by atoms with Gasteiger partial charge in [-0.05, 0) is 52.0 Å². The topological polar surface area (TPSA) is 42.4 Å². The van der Waals surface area contributed by atoms with Crippen molar-refractivity contribution in [3.05, 3.63) is 30.1 Å². The van der Waals surface area contributed by atoms with Crippen LogP contribution in [0.5, 0.6) is 0 Å². The molecular weight excluding hydrogens is 228 g/mol. The first-order chi connectivity index (χ1) is 8.69. The van der Waals surface area contributed by atoms with Crippen LogP contribution in [0.25, 0.3) is 0 Å². The number of hydrogen-bond donors (Lipinski definition) is 0. The first kappa shape index (κ1) is 13.0. The molecule has 2 rings (SSSR count). The molecule has 0 aromatic carbocycles. The third-order valence-electron chi connectivity index (χ3n) is 3.66. The summed E-state index contributed by atoms with van der Waals surface area (Å²) < 4.78 is 5.28. The van der Waals surface area contributed by atoms with Gasteiger partial charge in [0.15, 0.2) is 0 Å². The second kappa shape index (κ2) is 5.48. The first-order valence-electron chi connectivity index (χ1n) is 6.46. The lowest BCUT2D eigenvalue weighted by molar-refractivity contribution is -0.152. The van der Waals surface area contributed by atoms with Gasteiger partial charge in [0, 0.05) is 6.20 Å². The van der Waals surface area contributed by atoms with E-state index in [4.69, 9.17) is 4.74 Å². The molecule has 18 heavy (non-hydrogen) atoms. The highest BCUT2D eigenvalue weighted by Crippen LogP contribution is 2.35. The van der Waals surface area contributed by atoms with Crippen LogP contribution in [0, 0.1) is 0 Å². The molecule has 1 aromatic rings. The highest BCUT2D eigenvalue weighted by molar-refractivity contribution is 5.82. The van der Waals surface area contributed by atoms with Crippen LogP contribution in [0.4, 0.5) is 0 Å². The van der Waals surface area contributed by atoms with Crippen molar-refractivity contribution in [1.29, 1.82) is 0 Å². The Bertz CT molecular complexity index is 398. The van der Waals surface area contributed by atoms with E-state index in [0.717, 1.165) is 31.6 Å². The third kappa shape index (κ3) is 2.38. The van der Waals surface area contributed by atoms with Crippen molar-refractivity contribution in [2.75, 3.05) is 26.7 Å². The maximum Gasteiger partial charge on any atom is 0.318 e. The molecule has 0 spiro atoms. The molecule has 98 valence electrons. The van der Waals surface area contributed by atoms with Crippen molar-refractivity contribution < 1.29 is 9.53 Å². The summed E-state index contributed by atoms with van der Waals surface area (Å²) in [5.41, 5.74) is 0.292. The minimum absolute atomic E-state index is 0.128. The number of piperidine rings is 1. The average molecular weight is 248 g/mol. The number of carbonyl (C=O) groups is 1. The Kier molecular flexibility index (Phi) is 3.97. The van der Waals surface area contributed by atoms with Crippen LogP contribution in [-0.2, 0) is 14.9 Å². The minimum Gasteiger partial charge on any atom is -0.465 e. The van der Waals surface area contributed by atoms with E-state index in [1.165, 1.54) is 0 Å². The van der Waals surface area contributed by atoms with E-state index < -0.39 is 5.41 Å². The molecule has 0 unspecified atom stereocenters. The van der Waals surface area contributed by atoms with Gasteiger partial charge in [-0.3, -0.25) is 9.78 Å². The summed E-state index contributed by atoms with van der Waals surface area (Å²) in [7, 11) is 2.08. The van der Waals surface area contributed by atoms with Crippen LogP contribution in [0.3, 0.4) is 0 Å². The smallest absolute Gasteiger partial charge is 0.318 e. The standard InChI is InChI=1S/C14H20N2O2/c1-3-18-13(17)14(7-10-16(2)11-8-14)12-6-4-5-9-15-12/h4-6,9H,3,7-8,10-11H2,1-2H3. The molecule has 0 aliphatic carbocycles. The number of likely N-dealkylation sites (tertiary alicyclic amines) is 1. The van der Waals surface area contributed by atoms with Gasteiger partial charge in [-0.1, -0.05) is 6.07 Å². The number of rotatable bonds is 3. The molecule has 1 saturated heterocycles. The Hall–Kier alpha value is -1.42. The predicted octanol–water partition coefficient (Wildman–Crippen LogP) is 1.61. The molecule has 0 amide bonds. The second-order valence-corrected chi connectivity index (χ2v) is 4.82. The van der Waals surface area contributed by atoms with E-state index in [-0.39, 0.29) is 5.97 Å². The summed E-state index contributed by atoms with van der Waals surface area (Å²) in [6.07, 6.45) is 3.30. The van der Waals surface area contributed by atoms with Gasteiger partial charge in [0.25, 0.3) is 0 Å². The quantitative estimate of drug-likeness (QED) is 0.762. The summed E-state index contributed by atoms with van der Waals surface area (Å²) in [5.74, 6) is -0.128. The fourth-order valence-electron chi connectivity index (χ4n) is 2.48.